The first-order valence-corrected chi connectivity index (χ1v) is 10.2. The first-order valence-electron chi connectivity index (χ1n) is 9.41. The van der Waals surface area contributed by atoms with Gasteiger partial charge in [0.1, 0.15) is 11.3 Å². The van der Waals surface area contributed by atoms with Gasteiger partial charge in [-0.05, 0) is 52.7 Å². The monoisotopic (exact) mass is 485 g/mol. The summed E-state index contributed by atoms with van der Waals surface area (Å²) < 4.78 is 16.8. The molecule has 1 heterocycles. The second-order valence-corrected chi connectivity index (χ2v) is 7.12. The lowest BCUT2D eigenvalue weighted by atomic mass is 10.2. The van der Waals surface area contributed by atoms with Crippen LogP contribution >= 0.6 is 15.9 Å². The first-order chi connectivity index (χ1) is 15.0. The lowest BCUT2D eigenvalue weighted by Gasteiger charge is -2.12. The second kappa shape index (κ2) is 10.5. The number of nitrogens with zero attached hydrogens (tertiary/aromatic N) is 2. The molecule has 0 spiro atoms. The molecule has 2 aromatic carbocycles. The van der Waals surface area contributed by atoms with E-state index in [0.717, 1.165) is 5.39 Å². The van der Waals surface area contributed by atoms with E-state index in [-0.39, 0.29) is 12.4 Å². The Labute approximate surface area is 187 Å². The predicted molar refractivity (Wildman–Crippen MR) is 120 cm³/mol. The van der Waals surface area contributed by atoms with E-state index in [9.17, 15) is 9.59 Å². The van der Waals surface area contributed by atoms with E-state index in [1.807, 2.05) is 31.2 Å². The normalized spacial score (nSPS) is 10.8. The average Bonchev–Trinajstić information content (AvgIpc) is 2.74. The van der Waals surface area contributed by atoms with Crippen molar-refractivity contribution in [2.45, 2.75) is 13.8 Å². The van der Waals surface area contributed by atoms with Gasteiger partial charge < -0.3 is 14.2 Å². The molecule has 1 amide bonds. The van der Waals surface area contributed by atoms with Gasteiger partial charge in [-0.3, -0.25) is 14.6 Å². The van der Waals surface area contributed by atoms with Crippen LogP contribution in [0.5, 0.6) is 17.2 Å². The summed E-state index contributed by atoms with van der Waals surface area (Å²) in [5.41, 5.74) is 3.72. The largest absolute Gasteiger partial charge is 0.490 e. The fourth-order valence-corrected chi connectivity index (χ4v) is 3.26. The molecule has 0 aliphatic rings. The van der Waals surface area contributed by atoms with E-state index in [1.54, 1.807) is 24.4 Å². The highest BCUT2D eigenvalue weighted by atomic mass is 79.9. The number of hydrogen-bond donors (Lipinski definition) is 1. The maximum Gasteiger partial charge on any atom is 0.308 e. The minimum atomic E-state index is -0.461. The van der Waals surface area contributed by atoms with Gasteiger partial charge in [-0.1, -0.05) is 18.2 Å². The summed E-state index contributed by atoms with van der Waals surface area (Å²) in [6, 6.07) is 12.6. The number of nitrogens with one attached hydrogen (secondary N) is 1. The molecule has 0 aliphatic heterocycles. The van der Waals surface area contributed by atoms with Gasteiger partial charge in [0, 0.05) is 18.5 Å². The molecule has 0 saturated heterocycles. The van der Waals surface area contributed by atoms with Crippen LogP contribution in [0.15, 0.2) is 58.2 Å². The maximum atomic E-state index is 12.1. The SMILES string of the molecule is CCOc1cc(/C=N\NC(=O)COc2cccc3cccnc23)cc(Br)c1OC(C)=O. The molecule has 1 N–H and O–H groups in total. The number of aromatic nitrogens is 1. The van der Waals surface area contributed by atoms with Crippen LogP contribution in [0.3, 0.4) is 0 Å². The molecule has 8 nitrogen and oxygen atoms in total. The van der Waals surface area contributed by atoms with E-state index in [2.05, 4.69) is 31.4 Å². The van der Waals surface area contributed by atoms with Gasteiger partial charge in [0.2, 0.25) is 0 Å². The molecule has 3 rings (SSSR count). The number of hydrogen-bond acceptors (Lipinski definition) is 7. The Morgan fingerprint density at radius 2 is 1.97 bits per heavy atom. The topological polar surface area (TPSA) is 99.1 Å². The number of amides is 1. The number of halogens is 1. The maximum absolute atomic E-state index is 12.1. The smallest absolute Gasteiger partial charge is 0.308 e. The van der Waals surface area contributed by atoms with Crippen molar-refractivity contribution in [2.24, 2.45) is 5.10 Å². The average molecular weight is 486 g/mol. The molecule has 31 heavy (non-hydrogen) atoms. The Morgan fingerprint density at radius 1 is 1.16 bits per heavy atom. The summed E-state index contributed by atoms with van der Waals surface area (Å²) in [6.45, 7) is 3.30. The number of esters is 1. The summed E-state index contributed by atoms with van der Waals surface area (Å²) in [5, 5.41) is 4.87. The molecule has 1 aromatic heterocycles. The molecule has 0 radical (unpaired) electrons. The lowest BCUT2D eigenvalue weighted by Crippen LogP contribution is -2.24. The zero-order valence-electron chi connectivity index (χ0n) is 16.9. The molecule has 9 heteroatoms. The van der Waals surface area contributed by atoms with Gasteiger partial charge >= 0.3 is 5.97 Å². The van der Waals surface area contributed by atoms with Crippen molar-refractivity contribution < 1.29 is 23.8 Å². The lowest BCUT2D eigenvalue weighted by molar-refractivity contribution is -0.132. The summed E-state index contributed by atoms with van der Waals surface area (Å²) in [6.07, 6.45) is 3.11. The van der Waals surface area contributed by atoms with Crippen LogP contribution in [0.2, 0.25) is 0 Å². The number of rotatable bonds is 8. The number of carbonyl (C=O) groups excluding carboxylic acids is 2. The Hall–Kier alpha value is -3.46. The molecular weight excluding hydrogens is 466 g/mol. The molecule has 0 bridgehead atoms. The quantitative estimate of drug-likeness (QED) is 0.225. The number of carbonyl (C=O) groups is 2. The van der Waals surface area contributed by atoms with Gasteiger partial charge in [-0.25, -0.2) is 5.43 Å². The number of fused-ring (bicyclic) bond motifs is 1. The van der Waals surface area contributed by atoms with E-state index >= 15 is 0 Å². The van der Waals surface area contributed by atoms with Gasteiger partial charge in [0.15, 0.2) is 18.1 Å². The van der Waals surface area contributed by atoms with Crippen LogP contribution in [-0.2, 0) is 9.59 Å². The molecule has 0 fully saturated rings. The van der Waals surface area contributed by atoms with Crippen molar-refractivity contribution in [3.8, 4) is 17.2 Å². The Bertz CT molecular complexity index is 1130. The summed E-state index contributed by atoms with van der Waals surface area (Å²) in [7, 11) is 0. The number of benzene rings is 2. The van der Waals surface area contributed by atoms with Crippen LogP contribution in [-0.4, -0.2) is 36.3 Å². The molecule has 0 atom stereocenters. The molecule has 3 aromatic rings. The first kappa shape index (κ1) is 22.2. The van der Waals surface area contributed by atoms with E-state index < -0.39 is 11.9 Å². The van der Waals surface area contributed by atoms with Crippen molar-refractivity contribution >= 4 is 44.9 Å². The standard InChI is InChI=1S/C22H20BrN3O5/c1-3-29-19-11-15(10-17(23)22(19)31-14(2)27)12-25-26-20(28)13-30-18-8-4-6-16-7-5-9-24-21(16)18/h4-12H,3,13H2,1-2H3,(H,26,28)/b25-12-. The fourth-order valence-electron chi connectivity index (χ4n) is 2.72. The van der Waals surface area contributed by atoms with Crippen LogP contribution < -0.4 is 19.6 Å². The molecule has 0 aliphatic carbocycles. The summed E-state index contributed by atoms with van der Waals surface area (Å²) in [4.78, 5) is 27.7. The van der Waals surface area contributed by atoms with Crippen molar-refractivity contribution in [3.63, 3.8) is 0 Å². The minimum absolute atomic E-state index is 0.216. The Morgan fingerprint density at radius 3 is 2.74 bits per heavy atom. The van der Waals surface area contributed by atoms with E-state index in [4.69, 9.17) is 14.2 Å². The number of ether oxygens (including phenoxy) is 3. The number of para-hydroxylation sites is 1. The van der Waals surface area contributed by atoms with Crippen molar-refractivity contribution in [1.29, 1.82) is 0 Å². The zero-order valence-corrected chi connectivity index (χ0v) is 18.5. The summed E-state index contributed by atoms with van der Waals surface area (Å²) in [5.74, 6) is 0.296. The van der Waals surface area contributed by atoms with Gasteiger partial charge in [0.05, 0.1) is 17.3 Å². The zero-order chi connectivity index (χ0) is 22.2. The molecule has 160 valence electrons. The van der Waals surface area contributed by atoms with Gasteiger partial charge in [-0.15, -0.1) is 0 Å². The van der Waals surface area contributed by atoms with Crippen molar-refractivity contribution in [3.05, 3.63) is 58.7 Å². The Balaban J connectivity index is 1.63. The second-order valence-electron chi connectivity index (χ2n) is 6.27. The highest BCUT2D eigenvalue weighted by Crippen LogP contribution is 2.36. The summed E-state index contributed by atoms with van der Waals surface area (Å²) >= 11 is 3.36. The highest BCUT2D eigenvalue weighted by Gasteiger charge is 2.14. The van der Waals surface area contributed by atoms with E-state index in [0.29, 0.717) is 33.7 Å². The predicted octanol–water partition coefficient (Wildman–Crippen LogP) is 3.85. The van der Waals surface area contributed by atoms with Crippen LogP contribution in [0.4, 0.5) is 0 Å². The van der Waals surface area contributed by atoms with Crippen LogP contribution in [0.1, 0.15) is 19.4 Å². The van der Waals surface area contributed by atoms with E-state index in [1.165, 1.54) is 13.1 Å². The molecule has 0 unspecified atom stereocenters. The molecule has 0 saturated carbocycles. The third-order valence-electron chi connectivity index (χ3n) is 3.93. The Kier molecular flexibility index (Phi) is 7.55. The van der Waals surface area contributed by atoms with Crippen LogP contribution in [0.25, 0.3) is 10.9 Å². The highest BCUT2D eigenvalue weighted by molar-refractivity contribution is 9.10. The van der Waals surface area contributed by atoms with Crippen molar-refractivity contribution in [1.82, 2.24) is 10.4 Å². The fraction of sp³-hybridized carbons (Fsp3) is 0.182. The number of hydrazone groups is 1. The number of pyridine rings is 1. The van der Waals surface area contributed by atoms with Gasteiger partial charge in [0.25, 0.3) is 5.91 Å². The van der Waals surface area contributed by atoms with Crippen molar-refractivity contribution in [2.75, 3.05) is 13.2 Å². The third kappa shape index (κ3) is 6.02. The molecular formula is C22H20BrN3O5. The minimum Gasteiger partial charge on any atom is -0.490 e. The van der Waals surface area contributed by atoms with Gasteiger partial charge in [-0.2, -0.15) is 5.10 Å². The van der Waals surface area contributed by atoms with Crippen LogP contribution in [0, 0.1) is 0 Å². The third-order valence-corrected chi connectivity index (χ3v) is 4.52.